The van der Waals surface area contributed by atoms with E-state index < -0.39 is 11.7 Å². The molecule has 1 fully saturated rings. The van der Waals surface area contributed by atoms with Crippen molar-refractivity contribution in [1.82, 2.24) is 4.90 Å². The Bertz CT molecular complexity index is 615. The van der Waals surface area contributed by atoms with Gasteiger partial charge in [0.15, 0.2) is 0 Å². The average molecular weight is 352 g/mol. The third kappa shape index (κ3) is 2.58. The van der Waals surface area contributed by atoms with Gasteiger partial charge < -0.3 is 15.1 Å². The Morgan fingerprint density at radius 2 is 2.10 bits per heavy atom. The highest BCUT2D eigenvalue weighted by Gasteiger charge is 2.30. The molecular formula is C15H18BrN3O2. The van der Waals surface area contributed by atoms with Gasteiger partial charge in [-0.15, -0.1) is 0 Å². The van der Waals surface area contributed by atoms with Crippen LogP contribution in [0.15, 0.2) is 16.6 Å². The summed E-state index contributed by atoms with van der Waals surface area (Å²) in [6, 6.07) is 4.18. The maximum Gasteiger partial charge on any atom is 0.296 e. The van der Waals surface area contributed by atoms with E-state index in [9.17, 15) is 9.59 Å². The fraction of sp³-hybridized carbons (Fsp3) is 0.467. The standard InChI is InChI=1S/C15H18BrN3O2/c1-18(2)9-4-3-5-19(8-9)13-7-12-10(6-11(13)16)14(20)15(21)17-12/h6-7,9H,3-5,8H2,1-2H3,(H,17,20,21). The van der Waals surface area contributed by atoms with E-state index in [1.54, 1.807) is 6.07 Å². The molecule has 1 aromatic carbocycles. The molecule has 2 heterocycles. The minimum absolute atomic E-state index is 0.455. The molecule has 0 bridgehead atoms. The highest BCUT2D eigenvalue weighted by atomic mass is 79.9. The molecule has 0 spiro atoms. The van der Waals surface area contributed by atoms with Crippen LogP contribution in [0.3, 0.4) is 0 Å². The number of nitrogens with zero attached hydrogens (tertiary/aromatic N) is 2. The Morgan fingerprint density at radius 1 is 1.33 bits per heavy atom. The van der Waals surface area contributed by atoms with Crippen LogP contribution in [0.4, 0.5) is 11.4 Å². The summed E-state index contributed by atoms with van der Waals surface area (Å²) in [5.41, 5.74) is 2.11. The van der Waals surface area contributed by atoms with E-state index in [2.05, 4.69) is 45.1 Å². The van der Waals surface area contributed by atoms with Gasteiger partial charge in [-0.25, -0.2) is 0 Å². The zero-order valence-corrected chi connectivity index (χ0v) is 13.7. The van der Waals surface area contributed by atoms with E-state index in [0.29, 0.717) is 17.3 Å². The van der Waals surface area contributed by atoms with Crippen molar-refractivity contribution in [3.05, 3.63) is 22.2 Å². The second-order valence-electron chi connectivity index (χ2n) is 5.84. The van der Waals surface area contributed by atoms with Crippen LogP contribution in [-0.2, 0) is 4.79 Å². The van der Waals surface area contributed by atoms with E-state index in [0.717, 1.165) is 29.7 Å². The number of amides is 1. The normalized spacial score (nSPS) is 21.7. The summed E-state index contributed by atoms with van der Waals surface area (Å²) in [4.78, 5) is 27.8. The van der Waals surface area contributed by atoms with Crippen molar-refractivity contribution in [3.63, 3.8) is 0 Å². The van der Waals surface area contributed by atoms with Gasteiger partial charge in [0.2, 0.25) is 0 Å². The first kappa shape index (κ1) is 14.5. The van der Waals surface area contributed by atoms with E-state index >= 15 is 0 Å². The molecule has 1 N–H and O–H groups in total. The third-order valence-electron chi connectivity index (χ3n) is 4.25. The first-order valence-electron chi connectivity index (χ1n) is 7.08. The Kier molecular flexibility index (Phi) is 3.75. The molecule has 1 aromatic rings. The van der Waals surface area contributed by atoms with Crippen LogP contribution in [-0.4, -0.2) is 49.8 Å². The molecule has 2 aliphatic rings. The zero-order chi connectivity index (χ0) is 15.1. The molecule has 2 aliphatic heterocycles. The van der Waals surface area contributed by atoms with Crippen LogP contribution in [0.1, 0.15) is 23.2 Å². The molecule has 1 amide bonds. The molecule has 0 aromatic heterocycles. The van der Waals surface area contributed by atoms with Crippen LogP contribution >= 0.6 is 15.9 Å². The predicted octanol–water partition coefficient (Wildman–Crippen LogP) is 2.11. The number of ketones is 1. The molecule has 5 nitrogen and oxygen atoms in total. The number of fused-ring (bicyclic) bond motifs is 1. The summed E-state index contributed by atoms with van der Waals surface area (Å²) in [6.45, 7) is 1.94. The smallest absolute Gasteiger partial charge is 0.296 e. The molecular weight excluding hydrogens is 334 g/mol. The number of Topliss-reactive ketones (excluding diaryl/α,β-unsaturated/α-hetero) is 1. The Morgan fingerprint density at radius 3 is 2.81 bits per heavy atom. The zero-order valence-electron chi connectivity index (χ0n) is 12.1. The summed E-state index contributed by atoms with van der Waals surface area (Å²) in [5.74, 6) is -0.999. The highest BCUT2D eigenvalue weighted by Crippen LogP contribution is 2.36. The van der Waals surface area contributed by atoms with E-state index in [4.69, 9.17) is 0 Å². The fourth-order valence-electron chi connectivity index (χ4n) is 2.99. The number of hydrogen-bond donors (Lipinski definition) is 1. The van der Waals surface area contributed by atoms with Crippen LogP contribution in [0.2, 0.25) is 0 Å². The van der Waals surface area contributed by atoms with E-state index in [1.165, 1.54) is 6.42 Å². The topological polar surface area (TPSA) is 52.7 Å². The SMILES string of the molecule is CN(C)C1CCCN(c2cc3c(cc2Br)C(=O)C(=O)N3)C1. The minimum Gasteiger partial charge on any atom is -0.369 e. The second kappa shape index (κ2) is 5.42. The lowest BCUT2D eigenvalue weighted by molar-refractivity contribution is -0.112. The summed E-state index contributed by atoms with van der Waals surface area (Å²) >= 11 is 3.54. The van der Waals surface area contributed by atoms with Crippen LogP contribution in [0.5, 0.6) is 0 Å². The van der Waals surface area contributed by atoms with Crippen LogP contribution < -0.4 is 10.2 Å². The molecule has 21 heavy (non-hydrogen) atoms. The van der Waals surface area contributed by atoms with Crippen molar-refractivity contribution in [3.8, 4) is 0 Å². The van der Waals surface area contributed by atoms with Gasteiger partial charge in [-0.2, -0.15) is 0 Å². The Hall–Kier alpha value is -1.40. The molecule has 3 rings (SSSR count). The molecule has 0 aliphatic carbocycles. The van der Waals surface area contributed by atoms with Gasteiger partial charge in [0.1, 0.15) is 0 Å². The second-order valence-corrected chi connectivity index (χ2v) is 6.69. The third-order valence-corrected chi connectivity index (χ3v) is 4.89. The quantitative estimate of drug-likeness (QED) is 0.829. The van der Waals surface area contributed by atoms with Gasteiger partial charge in [0, 0.05) is 23.6 Å². The number of anilines is 2. The number of benzene rings is 1. The lowest BCUT2D eigenvalue weighted by atomic mass is 10.0. The van der Waals surface area contributed by atoms with Gasteiger partial charge in [0.05, 0.1) is 16.9 Å². The molecule has 0 radical (unpaired) electrons. The number of likely N-dealkylation sites (N-methyl/N-ethyl adjacent to an activating group) is 1. The van der Waals surface area contributed by atoms with Gasteiger partial charge >= 0.3 is 0 Å². The first-order chi connectivity index (χ1) is 9.97. The van der Waals surface area contributed by atoms with Gasteiger partial charge in [-0.3, -0.25) is 9.59 Å². The molecule has 112 valence electrons. The molecule has 6 heteroatoms. The predicted molar refractivity (Wildman–Crippen MR) is 86.0 cm³/mol. The van der Waals surface area contributed by atoms with E-state index in [1.807, 2.05) is 6.07 Å². The summed E-state index contributed by atoms with van der Waals surface area (Å²) in [6.07, 6.45) is 2.33. The monoisotopic (exact) mass is 351 g/mol. The van der Waals surface area contributed by atoms with Crippen LogP contribution in [0, 0.1) is 0 Å². The van der Waals surface area contributed by atoms with Crippen molar-refractivity contribution in [2.24, 2.45) is 0 Å². The van der Waals surface area contributed by atoms with Gasteiger partial charge in [-0.05, 0) is 55.0 Å². The molecule has 0 saturated carbocycles. The fourth-order valence-corrected chi connectivity index (χ4v) is 3.59. The van der Waals surface area contributed by atoms with E-state index in [-0.39, 0.29) is 0 Å². The first-order valence-corrected chi connectivity index (χ1v) is 7.87. The molecule has 1 saturated heterocycles. The Labute approximate surface area is 132 Å². The molecule has 1 atom stereocenters. The molecule has 1 unspecified atom stereocenters. The highest BCUT2D eigenvalue weighted by molar-refractivity contribution is 9.10. The largest absolute Gasteiger partial charge is 0.369 e. The van der Waals surface area contributed by atoms with Crippen molar-refractivity contribution in [1.29, 1.82) is 0 Å². The van der Waals surface area contributed by atoms with Crippen molar-refractivity contribution < 1.29 is 9.59 Å². The number of carbonyl (C=O) groups is 2. The van der Waals surface area contributed by atoms with Crippen molar-refractivity contribution in [2.75, 3.05) is 37.4 Å². The number of carbonyl (C=O) groups excluding carboxylic acids is 2. The van der Waals surface area contributed by atoms with Crippen LogP contribution in [0.25, 0.3) is 0 Å². The van der Waals surface area contributed by atoms with Crippen molar-refractivity contribution in [2.45, 2.75) is 18.9 Å². The Balaban J connectivity index is 1.91. The number of rotatable bonds is 2. The maximum atomic E-state index is 11.7. The number of halogens is 1. The minimum atomic E-state index is -0.543. The van der Waals surface area contributed by atoms with Gasteiger partial charge in [-0.1, -0.05) is 0 Å². The summed E-state index contributed by atoms with van der Waals surface area (Å²) in [7, 11) is 4.20. The summed E-state index contributed by atoms with van der Waals surface area (Å²) < 4.78 is 0.866. The maximum absolute atomic E-state index is 11.7. The number of piperidine rings is 1. The lowest BCUT2D eigenvalue weighted by Gasteiger charge is -2.38. The average Bonchev–Trinajstić information content (AvgIpc) is 2.73. The van der Waals surface area contributed by atoms with Gasteiger partial charge in [0.25, 0.3) is 11.7 Å². The number of hydrogen-bond acceptors (Lipinski definition) is 4. The summed E-state index contributed by atoms with van der Waals surface area (Å²) in [5, 5.41) is 2.64. The lowest BCUT2D eigenvalue weighted by Crippen LogP contribution is -2.45. The number of nitrogens with one attached hydrogen (secondary N) is 1. The van der Waals surface area contributed by atoms with Crippen molar-refractivity contribution >= 4 is 39.0 Å².